The number of hydrogen-bond donors (Lipinski definition) is 1. The van der Waals surface area contributed by atoms with Crippen molar-refractivity contribution >= 4 is 39.4 Å². The van der Waals surface area contributed by atoms with Crippen molar-refractivity contribution < 1.29 is 32.3 Å². The van der Waals surface area contributed by atoms with Crippen molar-refractivity contribution in [3.8, 4) is 5.75 Å². The number of carbonyl (C=O) groups excluding carboxylic acids is 3. The van der Waals surface area contributed by atoms with E-state index in [1.165, 1.54) is 24.9 Å². The van der Waals surface area contributed by atoms with Gasteiger partial charge in [0.05, 0.1) is 29.9 Å². The summed E-state index contributed by atoms with van der Waals surface area (Å²) in [5.41, 5.74) is 0.188. The maximum Gasteiger partial charge on any atom is 0.316 e. The number of nitrogens with one attached hydrogen (secondary N) is 1. The maximum absolute atomic E-state index is 12.0. The van der Waals surface area contributed by atoms with Crippen LogP contribution in [-0.2, 0) is 24.2 Å². The van der Waals surface area contributed by atoms with Crippen molar-refractivity contribution in [1.29, 1.82) is 0 Å². The van der Waals surface area contributed by atoms with Gasteiger partial charge in [0.1, 0.15) is 5.75 Å². The highest BCUT2D eigenvalue weighted by atomic mass is 32.2. The zero-order valence-corrected chi connectivity index (χ0v) is 15.7. The van der Waals surface area contributed by atoms with Crippen LogP contribution in [0.2, 0.25) is 0 Å². The molecule has 1 fully saturated rings. The van der Waals surface area contributed by atoms with Crippen LogP contribution < -0.4 is 10.1 Å². The van der Waals surface area contributed by atoms with E-state index in [9.17, 15) is 22.8 Å². The van der Waals surface area contributed by atoms with Crippen LogP contribution in [0, 0.1) is 0 Å². The normalized spacial score (nSPS) is 18.1. The van der Waals surface area contributed by atoms with Crippen LogP contribution in [0.25, 0.3) is 0 Å². The summed E-state index contributed by atoms with van der Waals surface area (Å²) in [6.07, 6.45) is 0.508. The van der Waals surface area contributed by atoms with Crippen LogP contribution in [0.3, 0.4) is 0 Å². The van der Waals surface area contributed by atoms with Crippen molar-refractivity contribution in [2.75, 3.05) is 31.0 Å². The molecule has 1 aliphatic heterocycles. The van der Waals surface area contributed by atoms with Crippen LogP contribution in [0.5, 0.6) is 5.75 Å². The lowest BCUT2D eigenvalue weighted by Crippen LogP contribution is -2.34. The van der Waals surface area contributed by atoms with Gasteiger partial charge >= 0.3 is 5.97 Å². The van der Waals surface area contributed by atoms with Crippen molar-refractivity contribution in [3.05, 3.63) is 29.8 Å². The molecule has 1 aromatic rings. The number of thioether (sulfide) groups is 1. The van der Waals surface area contributed by atoms with E-state index >= 15 is 0 Å². The number of amides is 2. The Kier molecular flexibility index (Phi) is 7.04. The van der Waals surface area contributed by atoms with E-state index in [1.807, 2.05) is 0 Å². The summed E-state index contributed by atoms with van der Waals surface area (Å²) in [4.78, 5) is 35.4. The van der Waals surface area contributed by atoms with E-state index in [0.29, 0.717) is 12.2 Å². The first-order valence-corrected chi connectivity index (χ1v) is 10.6. The number of methoxy groups -OCH3 is 1. The molecule has 10 heteroatoms. The predicted molar refractivity (Wildman–Crippen MR) is 95.9 cm³/mol. The average Bonchev–Trinajstić information content (AvgIpc) is 2.97. The van der Waals surface area contributed by atoms with Gasteiger partial charge in [-0.15, -0.1) is 11.8 Å². The second kappa shape index (κ2) is 9.04. The molecule has 2 rings (SSSR count). The quantitative estimate of drug-likeness (QED) is 0.654. The molecule has 0 saturated carbocycles. The molecule has 0 radical (unpaired) electrons. The molecule has 1 aliphatic rings. The zero-order chi connectivity index (χ0) is 19.2. The van der Waals surface area contributed by atoms with Crippen molar-refractivity contribution in [2.24, 2.45) is 0 Å². The Labute approximate surface area is 155 Å². The van der Waals surface area contributed by atoms with Gasteiger partial charge in [-0.25, -0.2) is 8.42 Å². The molecule has 0 aromatic heterocycles. The lowest BCUT2D eigenvalue weighted by molar-refractivity contribution is -0.145. The lowest BCUT2D eigenvalue weighted by Gasteiger charge is -2.09. The summed E-state index contributed by atoms with van der Waals surface area (Å²) in [6.45, 7) is -0.594. The number of carbonyl (C=O) groups is 3. The monoisotopic (exact) mass is 401 g/mol. The predicted octanol–water partition coefficient (Wildman–Crippen LogP) is 0.415. The minimum atomic E-state index is -3.00. The molecule has 0 bridgehead atoms. The van der Waals surface area contributed by atoms with Gasteiger partial charge < -0.3 is 9.47 Å². The van der Waals surface area contributed by atoms with Crippen LogP contribution in [0.1, 0.15) is 16.8 Å². The fourth-order valence-corrected chi connectivity index (χ4v) is 5.77. The van der Waals surface area contributed by atoms with Crippen molar-refractivity contribution in [3.63, 3.8) is 0 Å². The summed E-state index contributed by atoms with van der Waals surface area (Å²) in [6, 6.07) is 6.40. The van der Waals surface area contributed by atoms with Crippen molar-refractivity contribution in [1.82, 2.24) is 5.32 Å². The van der Waals surface area contributed by atoms with Crippen LogP contribution in [0.15, 0.2) is 24.3 Å². The van der Waals surface area contributed by atoms with Crippen LogP contribution in [-0.4, -0.2) is 62.4 Å². The van der Waals surface area contributed by atoms with Crippen LogP contribution in [0.4, 0.5) is 0 Å². The summed E-state index contributed by atoms with van der Waals surface area (Å²) in [7, 11) is -1.59. The molecule has 1 N–H and O–H groups in total. The van der Waals surface area contributed by atoms with E-state index in [-0.39, 0.29) is 28.1 Å². The molecule has 0 spiro atoms. The molecule has 1 saturated heterocycles. The molecule has 1 aromatic carbocycles. The minimum absolute atomic E-state index is 0.0477. The molecule has 1 atom stereocenters. The second-order valence-electron chi connectivity index (χ2n) is 5.57. The SMILES string of the molecule is COc1ccccc1C(=O)NC(=O)COC(=O)CS[C@H]1CCS(=O)(=O)C1. The maximum atomic E-state index is 12.0. The standard InChI is InChI=1S/C16H19NO7S2/c1-23-13-5-3-2-4-12(13)16(20)17-14(18)8-24-15(19)9-25-11-6-7-26(21,22)10-11/h2-5,11H,6-10H2,1H3,(H,17,18,20)/t11-/m0/s1. The molecule has 0 aliphatic carbocycles. The Morgan fingerprint density at radius 1 is 1.27 bits per heavy atom. The van der Waals surface area contributed by atoms with Gasteiger partial charge in [0, 0.05) is 5.25 Å². The van der Waals surface area contributed by atoms with Gasteiger partial charge in [-0.2, -0.15) is 0 Å². The third-order valence-electron chi connectivity index (χ3n) is 3.60. The fraction of sp³-hybridized carbons (Fsp3) is 0.438. The Morgan fingerprint density at radius 3 is 2.65 bits per heavy atom. The average molecular weight is 401 g/mol. The molecule has 1 heterocycles. The zero-order valence-electron chi connectivity index (χ0n) is 14.1. The molecular formula is C16H19NO7S2. The number of para-hydroxylation sites is 1. The summed E-state index contributed by atoms with van der Waals surface area (Å²) in [5.74, 6) is -1.60. The van der Waals surface area contributed by atoms with Gasteiger partial charge in [0.15, 0.2) is 16.4 Å². The Morgan fingerprint density at radius 2 is 2.00 bits per heavy atom. The molecule has 0 unspecified atom stereocenters. The van der Waals surface area contributed by atoms with Gasteiger partial charge in [0.25, 0.3) is 11.8 Å². The molecule has 2 amide bonds. The van der Waals surface area contributed by atoms with Gasteiger partial charge in [-0.1, -0.05) is 12.1 Å². The third kappa shape index (κ3) is 6.03. The highest BCUT2D eigenvalue weighted by molar-refractivity contribution is 8.02. The van der Waals surface area contributed by atoms with Crippen molar-refractivity contribution in [2.45, 2.75) is 11.7 Å². The molecule has 26 heavy (non-hydrogen) atoms. The first-order valence-electron chi connectivity index (χ1n) is 7.75. The topological polar surface area (TPSA) is 116 Å². The Hall–Kier alpha value is -2.07. The van der Waals surface area contributed by atoms with Gasteiger partial charge in [0.2, 0.25) is 0 Å². The van der Waals surface area contributed by atoms with E-state index < -0.39 is 34.2 Å². The van der Waals surface area contributed by atoms with E-state index in [0.717, 1.165) is 0 Å². The number of imide groups is 1. The Bertz CT molecular complexity index is 792. The number of ether oxygens (including phenoxy) is 2. The Balaban J connectivity index is 1.72. The minimum Gasteiger partial charge on any atom is -0.496 e. The lowest BCUT2D eigenvalue weighted by atomic mass is 10.2. The molecule has 8 nitrogen and oxygen atoms in total. The van der Waals surface area contributed by atoms with Gasteiger partial charge in [-0.3, -0.25) is 19.7 Å². The van der Waals surface area contributed by atoms with E-state index in [4.69, 9.17) is 9.47 Å². The largest absolute Gasteiger partial charge is 0.496 e. The first kappa shape index (κ1) is 20.2. The molecule has 142 valence electrons. The van der Waals surface area contributed by atoms with Gasteiger partial charge in [-0.05, 0) is 18.6 Å². The fourth-order valence-electron chi connectivity index (χ4n) is 2.33. The molecular weight excluding hydrogens is 382 g/mol. The number of benzene rings is 1. The summed E-state index contributed by atoms with van der Waals surface area (Å²) < 4.78 is 32.5. The second-order valence-corrected chi connectivity index (χ2v) is 9.09. The first-order chi connectivity index (χ1) is 12.3. The number of rotatable bonds is 7. The number of sulfone groups is 1. The highest BCUT2D eigenvalue weighted by Gasteiger charge is 2.28. The summed E-state index contributed by atoms with van der Waals surface area (Å²) >= 11 is 1.19. The smallest absolute Gasteiger partial charge is 0.316 e. The van der Waals surface area contributed by atoms with E-state index in [1.54, 1.807) is 18.2 Å². The van der Waals surface area contributed by atoms with Crippen LogP contribution >= 0.6 is 11.8 Å². The van der Waals surface area contributed by atoms with E-state index in [2.05, 4.69) is 5.32 Å². The highest BCUT2D eigenvalue weighted by Crippen LogP contribution is 2.24. The third-order valence-corrected chi connectivity index (χ3v) is 6.85. The number of esters is 1. The summed E-state index contributed by atoms with van der Waals surface area (Å²) in [5, 5.41) is 1.98. The number of hydrogen-bond acceptors (Lipinski definition) is 8.